The van der Waals surface area contributed by atoms with Crippen LogP contribution in [0.4, 0.5) is 22.0 Å². The highest BCUT2D eigenvalue weighted by atomic mass is 19.3. The van der Waals surface area contributed by atoms with Crippen molar-refractivity contribution in [1.82, 2.24) is 14.5 Å². The molecule has 2 fully saturated rings. The van der Waals surface area contributed by atoms with Gasteiger partial charge in [0, 0.05) is 30.2 Å². The lowest BCUT2D eigenvalue weighted by Crippen LogP contribution is -2.47. The molecule has 172 valence electrons. The van der Waals surface area contributed by atoms with E-state index in [0.717, 1.165) is 18.9 Å². The smallest absolute Gasteiger partial charge is 0.327 e. The van der Waals surface area contributed by atoms with Gasteiger partial charge >= 0.3 is 5.69 Å². The van der Waals surface area contributed by atoms with Crippen LogP contribution in [0.1, 0.15) is 49.4 Å². The van der Waals surface area contributed by atoms with Gasteiger partial charge in [-0.05, 0) is 37.8 Å². The molecule has 4 atom stereocenters. The summed E-state index contributed by atoms with van der Waals surface area (Å²) in [5.74, 6) is -4.03. The molecule has 31 heavy (non-hydrogen) atoms. The van der Waals surface area contributed by atoms with E-state index >= 15 is 4.39 Å². The summed E-state index contributed by atoms with van der Waals surface area (Å²) >= 11 is 0. The Morgan fingerprint density at radius 1 is 1.13 bits per heavy atom. The summed E-state index contributed by atoms with van der Waals surface area (Å²) in [4.78, 5) is 28.6. The Kier molecular flexibility index (Phi) is 5.84. The number of aromatic amines is 1. The largest absolute Gasteiger partial charge is 0.328 e. The molecule has 4 unspecified atom stereocenters. The molecule has 0 radical (unpaired) electrons. The molecule has 1 aromatic heterocycles. The third-order valence-corrected chi connectivity index (χ3v) is 6.82. The zero-order valence-corrected chi connectivity index (χ0v) is 16.9. The third-order valence-electron chi connectivity index (χ3n) is 6.82. The van der Waals surface area contributed by atoms with Crippen molar-refractivity contribution in [1.29, 1.82) is 0 Å². The highest BCUT2D eigenvalue weighted by molar-refractivity contribution is 5.59. The van der Waals surface area contributed by atoms with E-state index < -0.39 is 59.8 Å². The van der Waals surface area contributed by atoms with Crippen molar-refractivity contribution in [3.05, 3.63) is 37.9 Å². The maximum Gasteiger partial charge on any atom is 0.328 e. The number of nitrogens with two attached hydrogens (primary N) is 1. The summed E-state index contributed by atoms with van der Waals surface area (Å²) < 4.78 is 69.0. The molecule has 6 nitrogen and oxygen atoms in total. The van der Waals surface area contributed by atoms with E-state index in [1.165, 1.54) is 4.57 Å². The fraction of sp³-hybridized carbons (Fsp3) is 0.700. The number of fused-ring (bicyclic) bond motifs is 1. The lowest BCUT2D eigenvalue weighted by molar-refractivity contribution is -0.0473. The van der Waals surface area contributed by atoms with Crippen LogP contribution in [-0.2, 0) is 0 Å². The van der Waals surface area contributed by atoms with Gasteiger partial charge in [0.05, 0.1) is 17.5 Å². The Labute approximate surface area is 174 Å². The molecule has 0 bridgehead atoms. The summed E-state index contributed by atoms with van der Waals surface area (Å²) in [6, 6.07) is -2.29. The van der Waals surface area contributed by atoms with Gasteiger partial charge in [-0.2, -0.15) is 0 Å². The number of nitrogens with zero attached hydrogens (tertiary/aromatic N) is 2. The average molecular weight is 448 g/mol. The molecule has 2 heterocycles. The maximum absolute atomic E-state index is 15.1. The van der Waals surface area contributed by atoms with Crippen molar-refractivity contribution in [3.8, 4) is 0 Å². The molecule has 1 saturated heterocycles. The normalized spacial score (nSPS) is 27.8. The van der Waals surface area contributed by atoms with Gasteiger partial charge in [-0.25, -0.2) is 26.7 Å². The summed E-state index contributed by atoms with van der Waals surface area (Å²) in [5, 5.41) is 0. The lowest BCUT2D eigenvalue weighted by Gasteiger charge is -2.36. The number of halogens is 5. The van der Waals surface area contributed by atoms with Gasteiger partial charge in [0.25, 0.3) is 5.56 Å². The monoisotopic (exact) mass is 448 g/mol. The molecule has 3 aliphatic rings. The molecule has 0 spiro atoms. The van der Waals surface area contributed by atoms with E-state index in [2.05, 4.69) is 4.98 Å². The van der Waals surface area contributed by atoms with Crippen LogP contribution in [0.5, 0.6) is 0 Å². The minimum absolute atomic E-state index is 0.0478. The van der Waals surface area contributed by atoms with E-state index in [0.29, 0.717) is 12.2 Å². The fourth-order valence-corrected chi connectivity index (χ4v) is 5.12. The van der Waals surface area contributed by atoms with Gasteiger partial charge in [-0.15, -0.1) is 0 Å². The van der Waals surface area contributed by atoms with Crippen LogP contribution < -0.4 is 17.0 Å². The van der Waals surface area contributed by atoms with Crippen LogP contribution >= 0.6 is 0 Å². The van der Waals surface area contributed by atoms with Gasteiger partial charge in [-0.3, -0.25) is 19.2 Å². The van der Waals surface area contributed by atoms with Gasteiger partial charge in [0.1, 0.15) is 5.83 Å². The molecule has 1 aliphatic heterocycles. The van der Waals surface area contributed by atoms with Crippen LogP contribution in [0, 0.1) is 11.8 Å². The molecule has 1 saturated carbocycles. The molecular formula is C20H25F5N4O2. The first-order valence-corrected chi connectivity index (χ1v) is 10.4. The van der Waals surface area contributed by atoms with Gasteiger partial charge in [-0.1, -0.05) is 6.92 Å². The second-order valence-electron chi connectivity index (χ2n) is 8.79. The molecule has 2 aliphatic carbocycles. The number of H-pyrrole nitrogens is 1. The number of alkyl halides is 4. The van der Waals surface area contributed by atoms with Crippen LogP contribution in [0.25, 0.3) is 6.08 Å². The van der Waals surface area contributed by atoms with E-state index in [1.54, 1.807) is 11.8 Å². The predicted octanol–water partition coefficient (Wildman–Crippen LogP) is 2.46. The third kappa shape index (κ3) is 3.86. The van der Waals surface area contributed by atoms with Crippen molar-refractivity contribution < 1.29 is 22.0 Å². The molecule has 1 aromatic rings. The van der Waals surface area contributed by atoms with Crippen LogP contribution in [0.3, 0.4) is 0 Å². The topological polar surface area (TPSA) is 84.1 Å². The molecule has 11 heteroatoms. The van der Waals surface area contributed by atoms with Crippen LogP contribution in [0.2, 0.25) is 0 Å². The van der Waals surface area contributed by atoms with Crippen molar-refractivity contribution in [2.45, 2.75) is 63.1 Å². The zero-order valence-electron chi connectivity index (χ0n) is 16.9. The minimum atomic E-state index is -3.25. The highest BCUT2D eigenvalue weighted by Crippen LogP contribution is 2.42. The Balaban J connectivity index is 1.62. The van der Waals surface area contributed by atoms with Crippen molar-refractivity contribution in [2.24, 2.45) is 17.6 Å². The molecule has 3 N–H and O–H groups in total. The van der Waals surface area contributed by atoms with Gasteiger partial charge < -0.3 is 5.73 Å². The van der Waals surface area contributed by atoms with Gasteiger partial charge in [0.2, 0.25) is 12.9 Å². The summed E-state index contributed by atoms with van der Waals surface area (Å²) in [7, 11) is 0. The lowest BCUT2D eigenvalue weighted by atomic mass is 9.86. The van der Waals surface area contributed by atoms with Crippen molar-refractivity contribution in [3.63, 3.8) is 0 Å². The Hall–Kier alpha value is -2.01. The van der Waals surface area contributed by atoms with E-state index in [-0.39, 0.29) is 24.6 Å². The van der Waals surface area contributed by atoms with Gasteiger partial charge in [0.15, 0.2) is 0 Å². The molecule has 0 amide bonds. The number of hydrogen-bond acceptors (Lipinski definition) is 4. The fourth-order valence-electron chi connectivity index (χ4n) is 5.12. The molecule has 4 rings (SSSR count). The Bertz CT molecular complexity index is 979. The Morgan fingerprint density at radius 2 is 1.77 bits per heavy atom. The van der Waals surface area contributed by atoms with Crippen LogP contribution in [0.15, 0.2) is 15.4 Å². The summed E-state index contributed by atoms with van der Waals surface area (Å²) in [5.41, 5.74) is 5.15. The van der Waals surface area contributed by atoms with Crippen LogP contribution in [-0.4, -0.2) is 52.5 Å². The summed E-state index contributed by atoms with van der Waals surface area (Å²) in [6.45, 7) is 2.09. The number of nitrogens with one attached hydrogen (secondary N) is 1. The number of rotatable bonds is 6. The standard InChI is InChI=1S/C20H25F5N4O2/c1-8-15-11(19(30)27-20(31)29(15)10-2-3-10)6-12(21)16(8)28-5-4-9(7-28)14(26)13(17(22)23)18(24)25/h6,8-10,13-14,16-18H,2-5,7,26H2,1H3,(H,27,30,31). The first-order chi connectivity index (χ1) is 14.6. The zero-order chi connectivity index (χ0) is 22.6. The second kappa shape index (κ2) is 8.16. The summed E-state index contributed by atoms with van der Waals surface area (Å²) in [6.07, 6.45) is -3.53. The van der Waals surface area contributed by atoms with E-state index in [1.807, 2.05) is 0 Å². The molecule has 0 aromatic carbocycles. The SMILES string of the molecule is CC1c2c(c(=O)[nH]c(=O)n2C2CC2)C=C(F)C1N1CCC(C(N)C(C(F)F)C(F)F)C1. The minimum Gasteiger partial charge on any atom is -0.327 e. The second-order valence-corrected chi connectivity index (χ2v) is 8.79. The van der Waals surface area contributed by atoms with Crippen molar-refractivity contribution in [2.75, 3.05) is 13.1 Å². The number of likely N-dealkylation sites (tertiary alicyclic amines) is 1. The van der Waals surface area contributed by atoms with E-state index in [4.69, 9.17) is 5.73 Å². The van der Waals surface area contributed by atoms with E-state index in [9.17, 15) is 27.2 Å². The average Bonchev–Trinajstić information content (AvgIpc) is 3.38. The Morgan fingerprint density at radius 3 is 2.35 bits per heavy atom. The van der Waals surface area contributed by atoms with Crippen molar-refractivity contribution >= 4 is 6.08 Å². The number of hydrogen-bond donors (Lipinski definition) is 2. The predicted molar refractivity (Wildman–Crippen MR) is 104 cm³/mol. The number of aromatic nitrogens is 2. The molecular weight excluding hydrogens is 423 g/mol. The quantitative estimate of drug-likeness (QED) is 0.655. The maximum atomic E-state index is 15.1. The first kappa shape index (κ1) is 22.2. The highest BCUT2D eigenvalue weighted by Gasteiger charge is 2.45. The first-order valence-electron chi connectivity index (χ1n) is 10.4.